The molecule has 0 aliphatic rings. The van der Waals surface area contributed by atoms with E-state index in [0.29, 0.717) is 0 Å². The molecule has 3 nitrogen and oxygen atoms in total. The number of guanidine groups is 1. The molecule has 0 aromatic heterocycles. The zero-order valence-electron chi connectivity index (χ0n) is 9.94. The molecule has 4 heteroatoms. The Morgan fingerprint density at radius 2 is 2.00 bits per heavy atom. The standard InChI is InChI=1S/C13H16FN3/c1-4-12(17-13(15)16-9(2)3)10-5-7-11(14)8-6-10/h1,5-9,12H,2-3H3,(H3,15,16,17). The maximum Gasteiger partial charge on any atom is 0.190 e. The van der Waals surface area contributed by atoms with E-state index in [0.717, 1.165) is 5.56 Å². The van der Waals surface area contributed by atoms with Crippen molar-refractivity contribution in [2.45, 2.75) is 25.9 Å². The number of nitrogens with zero attached hydrogens (tertiary/aromatic N) is 1. The first-order valence-electron chi connectivity index (χ1n) is 5.34. The molecule has 0 saturated heterocycles. The predicted molar refractivity (Wildman–Crippen MR) is 67.9 cm³/mol. The maximum atomic E-state index is 12.8. The molecule has 0 saturated carbocycles. The van der Waals surface area contributed by atoms with E-state index in [1.165, 1.54) is 12.1 Å². The quantitative estimate of drug-likeness (QED) is 0.475. The van der Waals surface area contributed by atoms with Gasteiger partial charge in [0.15, 0.2) is 5.96 Å². The second kappa shape index (κ2) is 5.90. The summed E-state index contributed by atoms with van der Waals surface area (Å²) < 4.78 is 12.8. The highest BCUT2D eigenvalue weighted by atomic mass is 19.1. The smallest absolute Gasteiger partial charge is 0.190 e. The lowest BCUT2D eigenvalue weighted by molar-refractivity contribution is 0.626. The molecule has 17 heavy (non-hydrogen) atoms. The van der Waals surface area contributed by atoms with Crippen molar-refractivity contribution >= 4 is 5.96 Å². The van der Waals surface area contributed by atoms with Crippen LogP contribution in [0.4, 0.5) is 4.39 Å². The Bertz CT molecular complexity index is 429. The van der Waals surface area contributed by atoms with E-state index < -0.39 is 6.04 Å². The molecule has 3 N–H and O–H groups in total. The van der Waals surface area contributed by atoms with Crippen LogP contribution in [-0.2, 0) is 0 Å². The largest absolute Gasteiger partial charge is 0.370 e. The van der Waals surface area contributed by atoms with Crippen molar-refractivity contribution in [2.24, 2.45) is 10.7 Å². The average Bonchev–Trinajstić information content (AvgIpc) is 2.26. The zero-order valence-corrected chi connectivity index (χ0v) is 9.94. The summed E-state index contributed by atoms with van der Waals surface area (Å²) in [5.74, 6) is 2.49. The van der Waals surface area contributed by atoms with Gasteiger partial charge in [0.2, 0.25) is 0 Å². The average molecular weight is 233 g/mol. The molecule has 0 spiro atoms. The Labute approximate surface area is 101 Å². The molecule has 0 aliphatic heterocycles. The summed E-state index contributed by atoms with van der Waals surface area (Å²) in [5, 5.41) is 2.95. The van der Waals surface area contributed by atoms with E-state index in [2.05, 4.69) is 16.2 Å². The van der Waals surface area contributed by atoms with Gasteiger partial charge in [0.05, 0.1) is 0 Å². The van der Waals surface area contributed by atoms with E-state index >= 15 is 0 Å². The van der Waals surface area contributed by atoms with Gasteiger partial charge < -0.3 is 11.1 Å². The van der Waals surface area contributed by atoms with E-state index in [-0.39, 0.29) is 17.8 Å². The summed E-state index contributed by atoms with van der Waals surface area (Å²) in [5.41, 5.74) is 6.43. The predicted octanol–water partition coefficient (Wildman–Crippen LogP) is 1.81. The fraction of sp³-hybridized carbons (Fsp3) is 0.308. The Balaban J connectivity index is 2.86. The van der Waals surface area contributed by atoms with Gasteiger partial charge >= 0.3 is 0 Å². The van der Waals surface area contributed by atoms with Gasteiger partial charge in [0, 0.05) is 6.04 Å². The Morgan fingerprint density at radius 1 is 1.41 bits per heavy atom. The summed E-state index contributed by atoms with van der Waals surface area (Å²) in [4.78, 5) is 4.16. The first kappa shape index (κ1) is 13.0. The van der Waals surface area contributed by atoms with Gasteiger partial charge in [-0.2, -0.15) is 0 Å². The van der Waals surface area contributed by atoms with Crippen LogP contribution in [-0.4, -0.2) is 12.0 Å². The van der Waals surface area contributed by atoms with Crippen molar-refractivity contribution in [2.75, 3.05) is 0 Å². The normalized spacial score (nSPS) is 13.2. The van der Waals surface area contributed by atoms with Crippen molar-refractivity contribution in [1.29, 1.82) is 0 Å². The minimum absolute atomic E-state index is 0.186. The molecule has 0 radical (unpaired) electrons. The summed E-state index contributed by atoms with van der Waals surface area (Å²) >= 11 is 0. The fourth-order valence-corrected chi connectivity index (χ4v) is 1.33. The number of hydrogen-bond donors (Lipinski definition) is 2. The molecule has 1 atom stereocenters. The lowest BCUT2D eigenvalue weighted by Crippen LogP contribution is -2.37. The molecule has 1 aromatic carbocycles. The van der Waals surface area contributed by atoms with Gasteiger partial charge in [-0.25, -0.2) is 9.38 Å². The second-order valence-corrected chi connectivity index (χ2v) is 3.93. The summed E-state index contributed by atoms with van der Waals surface area (Å²) in [7, 11) is 0. The van der Waals surface area contributed by atoms with Crippen LogP contribution in [0.3, 0.4) is 0 Å². The minimum atomic E-state index is -0.498. The fourth-order valence-electron chi connectivity index (χ4n) is 1.33. The molecule has 1 unspecified atom stereocenters. The van der Waals surface area contributed by atoms with Crippen LogP contribution in [0.25, 0.3) is 0 Å². The van der Waals surface area contributed by atoms with Gasteiger partial charge in [-0.3, -0.25) is 0 Å². The number of hydrogen-bond acceptors (Lipinski definition) is 1. The third-order valence-electron chi connectivity index (χ3n) is 2.05. The highest BCUT2D eigenvalue weighted by Crippen LogP contribution is 2.16. The van der Waals surface area contributed by atoms with Crippen molar-refractivity contribution < 1.29 is 4.39 Å². The molecular formula is C13H16FN3. The number of nitrogens with two attached hydrogens (primary N) is 1. The van der Waals surface area contributed by atoms with Crippen LogP contribution < -0.4 is 11.1 Å². The summed E-state index contributed by atoms with van der Waals surface area (Å²) in [6.45, 7) is 3.90. The van der Waals surface area contributed by atoms with E-state index in [1.807, 2.05) is 13.8 Å². The first-order chi connectivity index (χ1) is 8.02. The maximum absolute atomic E-state index is 12.8. The number of benzene rings is 1. The molecule has 0 fully saturated rings. The Kier molecular flexibility index (Phi) is 4.53. The van der Waals surface area contributed by atoms with Crippen molar-refractivity contribution in [3.63, 3.8) is 0 Å². The molecule has 90 valence electrons. The number of rotatable bonds is 3. The lowest BCUT2D eigenvalue weighted by Gasteiger charge is -2.11. The molecular weight excluding hydrogens is 217 g/mol. The number of aliphatic imine (C=N–C) groups is 1. The van der Waals surface area contributed by atoms with Gasteiger partial charge in [0.1, 0.15) is 11.9 Å². The van der Waals surface area contributed by atoms with Crippen LogP contribution in [0.15, 0.2) is 29.3 Å². The molecule has 0 aliphatic carbocycles. The van der Waals surface area contributed by atoms with Crippen molar-refractivity contribution in [3.8, 4) is 12.3 Å². The first-order valence-corrected chi connectivity index (χ1v) is 5.34. The van der Waals surface area contributed by atoms with E-state index in [4.69, 9.17) is 12.2 Å². The van der Waals surface area contributed by atoms with E-state index in [1.54, 1.807) is 12.1 Å². The van der Waals surface area contributed by atoms with Crippen LogP contribution in [0.2, 0.25) is 0 Å². The van der Waals surface area contributed by atoms with Crippen LogP contribution >= 0.6 is 0 Å². The third-order valence-corrected chi connectivity index (χ3v) is 2.05. The summed E-state index contributed by atoms with van der Waals surface area (Å²) in [6, 6.07) is 5.59. The van der Waals surface area contributed by atoms with Gasteiger partial charge in [0.25, 0.3) is 0 Å². The van der Waals surface area contributed by atoms with Gasteiger partial charge in [-0.15, -0.1) is 6.42 Å². The molecule has 0 bridgehead atoms. The molecule has 0 heterocycles. The number of nitrogens with one attached hydrogen (secondary N) is 1. The van der Waals surface area contributed by atoms with Crippen LogP contribution in [0.1, 0.15) is 25.5 Å². The molecule has 1 rings (SSSR count). The second-order valence-electron chi connectivity index (χ2n) is 3.93. The minimum Gasteiger partial charge on any atom is -0.370 e. The Hall–Kier alpha value is -2.02. The monoisotopic (exact) mass is 233 g/mol. The highest BCUT2D eigenvalue weighted by molar-refractivity contribution is 5.78. The molecule has 1 aromatic rings. The Morgan fingerprint density at radius 3 is 2.47 bits per heavy atom. The van der Waals surface area contributed by atoms with E-state index in [9.17, 15) is 4.39 Å². The van der Waals surface area contributed by atoms with Crippen molar-refractivity contribution in [3.05, 3.63) is 35.6 Å². The van der Waals surface area contributed by atoms with Gasteiger partial charge in [-0.1, -0.05) is 18.1 Å². The van der Waals surface area contributed by atoms with Crippen LogP contribution in [0.5, 0.6) is 0 Å². The van der Waals surface area contributed by atoms with Gasteiger partial charge in [-0.05, 0) is 31.5 Å². The third kappa shape index (κ3) is 4.15. The molecule has 0 amide bonds. The lowest BCUT2D eigenvalue weighted by atomic mass is 10.1. The zero-order chi connectivity index (χ0) is 12.8. The van der Waals surface area contributed by atoms with Crippen LogP contribution in [0, 0.1) is 18.2 Å². The topological polar surface area (TPSA) is 50.4 Å². The summed E-state index contributed by atoms with van der Waals surface area (Å²) in [6.07, 6.45) is 5.39. The number of terminal acetylenes is 1. The number of halogens is 1. The SMILES string of the molecule is C#CC(N=C(N)NC(C)C)c1ccc(F)cc1. The highest BCUT2D eigenvalue weighted by Gasteiger charge is 2.07. The van der Waals surface area contributed by atoms with Crippen molar-refractivity contribution in [1.82, 2.24) is 5.32 Å².